The topological polar surface area (TPSA) is 118 Å². The molecule has 0 heterocycles. The first-order chi connectivity index (χ1) is 12.6. The van der Waals surface area contributed by atoms with Gasteiger partial charge in [-0.05, 0) is 44.5 Å². The fourth-order valence-electron chi connectivity index (χ4n) is 2.50. The molecule has 2 N–H and O–H groups in total. The van der Waals surface area contributed by atoms with Gasteiger partial charge in [-0.3, -0.25) is 14.9 Å². The summed E-state index contributed by atoms with van der Waals surface area (Å²) in [4.78, 5) is 23.1. The third kappa shape index (κ3) is 5.11. The molecule has 27 heavy (non-hydrogen) atoms. The van der Waals surface area contributed by atoms with E-state index in [4.69, 9.17) is 0 Å². The number of amides is 1. The Labute approximate surface area is 157 Å². The van der Waals surface area contributed by atoms with Crippen LogP contribution in [0.5, 0.6) is 0 Å². The van der Waals surface area contributed by atoms with Crippen LogP contribution in [0.25, 0.3) is 0 Å². The highest BCUT2D eigenvalue weighted by Gasteiger charge is 2.18. The molecule has 9 heteroatoms. The number of carbonyl (C=O) groups is 1. The molecule has 2 aromatic carbocycles. The van der Waals surface area contributed by atoms with Crippen LogP contribution >= 0.6 is 0 Å². The van der Waals surface area contributed by atoms with Crippen LogP contribution in [0.3, 0.4) is 0 Å². The van der Waals surface area contributed by atoms with Gasteiger partial charge in [-0.15, -0.1) is 0 Å². The number of aryl methyl sites for hydroxylation is 1. The number of nitro benzene ring substituents is 1. The summed E-state index contributed by atoms with van der Waals surface area (Å²) >= 11 is 0. The number of hydrogen-bond donors (Lipinski definition) is 2. The maximum Gasteiger partial charge on any atom is 0.274 e. The van der Waals surface area contributed by atoms with Gasteiger partial charge >= 0.3 is 0 Å². The molecule has 0 saturated carbocycles. The van der Waals surface area contributed by atoms with Crippen LogP contribution in [0.4, 0.5) is 11.4 Å². The fourth-order valence-corrected chi connectivity index (χ4v) is 3.79. The predicted molar refractivity (Wildman–Crippen MR) is 102 cm³/mol. The highest BCUT2D eigenvalue weighted by Crippen LogP contribution is 2.24. The zero-order chi connectivity index (χ0) is 20.2. The molecule has 1 amide bonds. The van der Waals surface area contributed by atoms with Crippen molar-refractivity contribution in [2.24, 2.45) is 0 Å². The van der Waals surface area contributed by atoms with Gasteiger partial charge in [-0.2, -0.15) is 0 Å². The monoisotopic (exact) mass is 391 g/mol. The van der Waals surface area contributed by atoms with Crippen molar-refractivity contribution in [3.63, 3.8) is 0 Å². The van der Waals surface area contributed by atoms with Crippen molar-refractivity contribution in [1.82, 2.24) is 4.72 Å². The van der Waals surface area contributed by atoms with Crippen molar-refractivity contribution >= 4 is 27.3 Å². The molecule has 8 nitrogen and oxygen atoms in total. The molecule has 2 rings (SSSR count). The zero-order valence-corrected chi connectivity index (χ0v) is 16.0. The number of nitrogens with one attached hydrogen (secondary N) is 2. The van der Waals surface area contributed by atoms with Crippen molar-refractivity contribution in [1.29, 1.82) is 0 Å². The Morgan fingerprint density at radius 3 is 2.48 bits per heavy atom. The summed E-state index contributed by atoms with van der Waals surface area (Å²) in [6, 6.07) is 9.75. The number of carbonyl (C=O) groups excluding carboxylic acids is 1. The Kier molecular flexibility index (Phi) is 6.29. The molecule has 0 aliphatic carbocycles. The van der Waals surface area contributed by atoms with Gasteiger partial charge in [0, 0.05) is 28.9 Å². The normalized spacial score (nSPS) is 11.4. The Bertz CT molecular complexity index is 971. The molecular formula is C18H21N3O5S. The standard InChI is InChI=1S/C18H21N3O5S/c1-4-13-8-9-15(11-17(13)21(23)24)19-18(22)14-6-5-7-16(10-14)27(25,26)20-12(2)3/h5-12,20H,4H2,1-3H3,(H,19,22). The minimum atomic E-state index is -3.73. The second-order valence-corrected chi connectivity index (χ2v) is 7.93. The van der Waals surface area contributed by atoms with Crippen LogP contribution in [0, 0.1) is 10.1 Å². The van der Waals surface area contributed by atoms with Crippen molar-refractivity contribution in [2.75, 3.05) is 5.32 Å². The summed E-state index contributed by atoms with van der Waals surface area (Å²) in [5.74, 6) is -0.560. The van der Waals surface area contributed by atoms with E-state index in [-0.39, 0.29) is 27.9 Å². The highest BCUT2D eigenvalue weighted by molar-refractivity contribution is 7.89. The van der Waals surface area contributed by atoms with Crippen LogP contribution in [-0.4, -0.2) is 25.3 Å². The van der Waals surface area contributed by atoms with E-state index in [2.05, 4.69) is 10.0 Å². The SMILES string of the molecule is CCc1ccc(NC(=O)c2cccc(S(=O)(=O)NC(C)C)c2)cc1[N+](=O)[O-]. The lowest BCUT2D eigenvalue weighted by Crippen LogP contribution is -2.30. The third-order valence-electron chi connectivity index (χ3n) is 3.72. The first-order valence-electron chi connectivity index (χ1n) is 8.35. The lowest BCUT2D eigenvalue weighted by atomic mass is 10.1. The lowest BCUT2D eigenvalue weighted by molar-refractivity contribution is -0.385. The van der Waals surface area contributed by atoms with E-state index in [1.807, 2.05) is 0 Å². The van der Waals surface area contributed by atoms with E-state index in [0.717, 1.165) is 0 Å². The molecule has 0 radical (unpaired) electrons. The average Bonchev–Trinajstić information content (AvgIpc) is 2.60. The molecule has 0 spiro atoms. The fraction of sp³-hybridized carbons (Fsp3) is 0.278. The summed E-state index contributed by atoms with van der Waals surface area (Å²) < 4.78 is 26.9. The molecule has 144 valence electrons. The Morgan fingerprint density at radius 1 is 1.19 bits per heavy atom. The smallest absolute Gasteiger partial charge is 0.274 e. The van der Waals surface area contributed by atoms with Gasteiger partial charge in [-0.1, -0.05) is 19.1 Å². The minimum Gasteiger partial charge on any atom is -0.322 e. The maximum absolute atomic E-state index is 12.5. The summed E-state index contributed by atoms with van der Waals surface area (Å²) in [7, 11) is -3.73. The zero-order valence-electron chi connectivity index (χ0n) is 15.2. The van der Waals surface area contributed by atoms with Crippen LogP contribution in [0.2, 0.25) is 0 Å². The number of sulfonamides is 1. The van der Waals surface area contributed by atoms with Crippen LogP contribution in [0.1, 0.15) is 36.7 Å². The molecule has 0 aliphatic heterocycles. The minimum absolute atomic E-state index is 0.0313. The average molecular weight is 391 g/mol. The van der Waals surface area contributed by atoms with Gasteiger partial charge in [0.15, 0.2) is 0 Å². The number of nitro groups is 1. The molecule has 0 saturated heterocycles. The van der Waals surface area contributed by atoms with Gasteiger partial charge in [0.1, 0.15) is 0 Å². The Morgan fingerprint density at radius 2 is 1.89 bits per heavy atom. The molecule has 0 unspecified atom stereocenters. The first kappa shape index (κ1) is 20.5. The van der Waals surface area contributed by atoms with E-state index >= 15 is 0 Å². The Hall–Kier alpha value is -2.78. The van der Waals surface area contributed by atoms with Crippen LogP contribution in [-0.2, 0) is 16.4 Å². The van der Waals surface area contributed by atoms with E-state index < -0.39 is 20.9 Å². The van der Waals surface area contributed by atoms with Crippen LogP contribution < -0.4 is 10.0 Å². The third-order valence-corrected chi connectivity index (χ3v) is 5.37. The molecule has 0 aromatic heterocycles. The highest BCUT2D eigenvalue weighted by atomic mass is 32.2. The number of nitrogens with zero attached hydrogens (tertiary/aromatic N) is 1. The van der Waals surface area contributed by atoms with E-state index in [1.54, 1.807) is 32.9 Å². The summed E-state index contributed by atoms with van der Waals surface area (Å²) in [6.07, 6.45) is 0.493. The Balaban J connectivity index is 2.28. The number of benzene rings is 2. The second-order valence-electron chi connectivity index (χ2n) is 6.21. The quantitative estimate of drug-likeness (QED) is 0.555. The lowest BCUT2D eigenvalue weighted by Gasteiger charge is -2.11. The van der Waals surface area contributed by atoms with E-state index in [0.29, 0.717) is 12.0 Å². The van der Waals surface area contributed by atoms with Crippen molar-refractivity contribution in [3.05, 3.63) is 63.7 Å². The summed E-state index contributed by atoms with van der Waals surface area (Å²) in [6.45, 7) is 5.19. The van der Waals surface area contributed by atoms with Gasteiger partial charge in [0.25, 0.3) is 11.6 Å². The number of rotatable bonds is 7. The maximum atomic E-state index is 12.5. The summed E-state index contributed by atoms with van der Waals surface area (Å²) in [5.41, 5.74) is 0.875. The van der Waals surface area contributed by atoms with Gasteiger partial charge in [0.2, 0.25) is 10.0 Å². The number of hydrogen-bond acceptors (Lipinski definition) is 5. The van der Waals surface area contributed by atoms with Crippen molar-refractivity contribution in [2.45, 2.75) is 38.1 Å². The first-order valence-corrected chi connectivity index (χ1v) is 9.83. The largest absolute Gasteiger partial charge is 0.322 e. The molecule has 0 fully saturated rings. The molecular weight excluding hydrogens is 370 g/mol. The van der Waals surface area contributed by atoms with Crippen molar-refractivity contribution < 1.29 is 18.1 Å². The van der Waals surface area contributed by atoms with Crippen LogP contribution in [0.15, 0.2) is 47.4 Å². The van der Waals surface area contributed by atoms with E-state index in [1.165, 1.54) is 30.3 Å². The molecule has 0 aliphatic rings. The van der Waals surface area contributed by atoms with Crippen molar-refractivity contribution in [3.8, 4) is 0 Å². The second kappa shape index (κ2) is 8.28. The van der Waals surface area contributed by atoms with Gasteiger partial charge in [0.05, 0.1) is 9.82 Å². The molecule has 2 aromatic rings. The van der Waals surface area contributed by atoms with Gasteiger partial charge < -0.3 is 5.32 Å². The molecule has 0 atom stereocenters. The molecule has 0 bridgehead atoms. The number of anilines is 1. The van der Waals surface area contributed by atoms with E-state index in [9.17, 15) is 23.3 Å². The summed E-state index contributed by atoms with van der Waals surface area (Å²) in [5, 5.41) is 13.7. The van der Waals surface area contributed by atoms with Gasteiger partial charge in [-0.25, -0.2) is 13.1 Å². The predicted octanol–water partition coefficient (Wildman–Crippen LogP) is 3.10.